The Morgan fingerprint density at radius 1 is 1.29 bits per heavy atom. The number of amides is 2. The molecule has 5 nitrogen and oxygen atoms in total. The van der Waals surface area contributed by atoms with Gasteiger partial charge in [-0.15, -0.1) is 0 Å². The average Bonchev–Trinajstić information content (AvgIpc) is 2.48. The van der Waals surface area contributed by atoms with Crippen LogP contribution in [0.3, 0.4) is 0 Å². The third kappa shape index (κ3) is 3.58. The molecule has 1 aromatic carbocycles. The van der Waals surface area contributed by atoms with Gasteiger partial charge in [0.25, 0.3) is 5.91 Å². The van der Waals surface area contributed by atoms with Crippen molar-refractivity contribution in [1.82, 2.24) is 10.3 Å². The van der Waals surface area contributed by atoms with Crippen molar-refractivity contribution < 1.29 is 9.59 Å². The van der Waals surface area contributed by atoms with Crippen LogP contribution in [0.2, 0.25) is 5.02 Å². The van der Waals surface area contributed by atoms with Crippen LogP contribution in [-0.4, -0.2) is 23.8 Å². The smallest absolute Gasteiger partial charge is 0.269 e. The van der Waals surface area contributed by atoms with E-state index in [0.717, 1.165) is 5.56 Å². The molecule has 0 atom stereocenters. The highest BCUT2D eigenvalue weighted by Crippen LogP contribution is 2.19. The van der Waals surface area contributed by atoms with E-state index in [9.17, 15) is 9.59 Å². The number of carbonyl (C=O) groups is 2. The Hall–Kier alpha value is -2.40. The lowest BCUT2D eigenvalue weighted by atomic mass is 10.1. The van der Waals surface area contributed by atoms with E-state index >= 15 is 0 Å². The monoisotopic (exact) mass is 303 g/mol. The minimum absolute atomic E-state index is 0.149. The summed E-state index contributed by atoms with van der Waals surface area (Å²) in [6.45, 7) is 0. The van der Waals surface area contributed by atoms with Crippen molar-refractivity contribution in [3.63, 3.8) is 0 Å². The molecular weight excluding hydrogens is 290 g/mol. The minimum atomic E-state index is -0.608. The molecule has 2 amide bonds. The molecule has 6 heteroatoms. The first-order chi connectivity index (χ1) is 10.0. The van der Waals surface area contributed by atoms with Crippen molar-refractivity contribution in [3.8, 4) is 0 Å². The van der Waals surface area contributed by atoms with Crippen LogP contribution < -0.4 is 11.1 Å². The van der Waals surface area contributed by atoms with Gasteiger partial charge in [0.05, 0.1) is 0 Å². The van der Waals surface area contributed by atoms with Gasteiger partial charge >= 0.3 is 0 Å². The molecule has 2 rings (SSSR count). The van der Waals surface area contributed by atoms with Crippen LogP contribution in [0.4, 0.5) is 0 Å². The maximum absolute atomic E-state index is 11.7. The molecule has 2 aromatic rings. The number of nitrogens with one attached hydrogen (secondary N) is 1. The predicted molar refractivity (Wildman–Crippen MR) is 80.4 cm³/mol. The molecule has 0 radical (unpaired) electrons. The summed E-state index contributed by atoms with van der Waals surface area (Å²) in [5.41, 5.74) is 7.09. The van der Waals surface area contributed by atoms with Crippen LogP contribution in [0.1, 0.15) is 32.1 Å². The summed E-state index contributed by atoms with van der Waals surface area (Å²) in [6, 6.07) is 10.3. The Labute approximate surface area is 127 Å². The van der Waals surface area contributed by atoms with Crippen LogP contribution in [0, 0.1) is 0 Å². The van der Waals surface area contributed by atoms with E-state index in [0.29, 0.717) is 17.1 Å². The summed E-state index contributed by atoms with van der Waals surface area (Å²) in [7, 11) is 1.49. The first-order valence-corrected chi connectivity index (χ1v) is 6.65. The summed E-state index contributed by atoms with van der Waals surface area (Å²) >= 11 is 6.11. The number of nitrogens with two attached hydrogens (primary N) is 1. The fraction of sp³-hybridized carbons (Fsp3) is 0.133. The third-order valence-corrected chi connectivity index (χ3v) is 3.32. The van der Waals surface area contributed by atoms with Crippen molar-refractivity contribution in [2.24, 2.45) is 5.73 Å². The molecule has 0 aliphatic rings. The zero-order valence-corrected chi connectivity index (χ0v) is 12.1. The predicted octanol–water partition coefficient (Wildman–Crippen LogP) is 1.78. The summed E-state index contributed by atoms with van der Waals surface area (Å²) in [5.74, 6) is -0.985. The van der Waals surface area contributed by atoms with Crippen LogP contribution in [0.15, 0.2) is 36.4 Å². The number of benzene rings is 1. The number of rotatable bonds is 4. The van der Waals surface area contributed by atoms with Crippen LogP contribution >= 0.6 is 11.6 Å². The zero-order chi connectivity index (χ0) is 15.4. The molecule has 0 aliphatic carbocycles. The van der Waals surface area contributed by atoms with Crippen molar-refractivity contribution >= 4 is 23.4 Å². The van der Waals surface area contributed by atoms with Gasteiger partial charge in [-0.3, -0.25) is 9.59 Å². The molecule has 0 saturated carbocycles. The van der Waals surface area contributed by atoms with Gasteiger partial charge in [0.1, 0.15) is 5.69 Å². The number of hydrogen-bond donors (Lipinski definition) is 2. The number of pyridine rings is 1. The van der Waals surface area contributed by atoms with Crippen molar-refractivity contribution in [2.75, 3.05) is 7.05 Å². The molecule has 0 saturated heterocycles. The molecular formula is C15H14ClN3O2. The van der Waals surface area contributed by atoms with E-state index in [1.807, 2.05) is 18.2 Å². The summed E-state index contributed by atoms with van der Waals surface area (Å²) in [6.07, 6.45) is 0.408. The van der Waals surface area contributed by atoms with Crippen molar-refractivity contribution in [2.45, 2.75) is 6.42 Å². The first kappa shape index (κ1) is 15.0. The number of carbonyl (C=O) groups excluding carboxylic acids is 2. The van der Waals surface area contributed by atoms with Gasteiger partial charge in [0.2, 0.25) is 5.91 Å². The van der Waals surface area contributed by atoms with E-state index in [4.69, 9.17) is 17.3 Å². The van der Waals surface area contributed by atoms with Gasteiger partial charge in [-0.2, -0.15) is 0 Å². The Balaban J connectivity index is 2.43. The highest BCUT2D eigenvalue weighted by Gasteiger charge is 2.13. The highest BCUT2D eigenvalue weighted by molar-refractivity contribution is 6.31. The number of aromatic nitrogens is 1. The zero-order valence-electron chi connectivity index (χ0n) is 11.4. The summed E-state index contributed by atoms with van der Waals surface area (Å²) in [5, 5.41) is 3.07. The molecule has 1 heterocycles. The molecule has 3 N–H and O–H groups in total. The van der Waals surface area contributed by atoms with Gasteiger partial charge in [-0.1, -0.05) is 29.8 Å². The van der Waals surface area contributed by atoms with E-state index < -0.39 is 5.91 Å². The Bertz CT molecular complexity index is 701. The molecule has 21 heavy (non-hydrogen) atoms. The fourth-order valence-electron chi connectivity index (χ4n) is 1.90. The normalized spacial score (nSPS) is 10.2. The lowest BCUT2D eigenvalue weighted by molar-refractivity contribution is 0.0958. The van der Waals surface area contributed by atoms with Crippen LogP contribution in [-0.2, 0) is 6.42 Å². The number of nitrogens with zero attached hydrogens (tertiary/aromatic N) is 1. The number of primary amides is 1. The second-order valence-electron chi connectivity index (χ2n) is 4.44. The largest absolute Gasteiger partial charge is 0.366 e. The van der Waals surface area contributed by atoms with Gasteiger partial charge < -0.3 is 11.1 Å². The van der Waals surface area contributed by atoms with E-state index in [2.05, 4.69) is 10.3 Å². The first-order valence-electron chi connectivity index (χ1n) is 6.27. The Kier molecular flexibility index (Phi) is 4.55. The maximum atomic E-state index is 11.7. The molecule has 0 aliphatic heterocycles. The summed E-state index contributed by atoms with van der Waals surface area (Å²) < 4.78 is 0. The molecule has 0 fully saturated rings. The van der Waals surface area contributed by atoms with Gasteiger partial charge in [0.15, 0.2) is 0 Å². The second kappa shape index (κ2) is 6.37. The minimum Gasteiger partial charge on any atom is -0.366 e. The van der Waals surface area contributed by atoms with Gasteiger partial charge in [-0.05, 0) is 23.8 Å². The summed E-state index contributed by atoms with van der Waals surface area (Å²) in [4.78, 5) is 27.3. The molecule has 0 unspecified atom stereocenters. The number of halogens is 1. The van der Waals surface area contributed by atoms with Crippen molar-refractivity contribution in [1.29, 1.82) is 0 Å². The fourth-order valence-corrected chi connectivity index (χ4v) is 2.10. The quantitative estimate of drug-likeness (QED) is 0.903. The Morgan fingerprint density at radius 2 is 2.00 bits per heavy atom. The topological polar surface area (TPSA) is 85.1 Å². The third-order valence-electron chi connectivity index (χ3n) is 2.95. The SMILES string of the molecule is CNC(=O)c1cc(C(N)=O)cc(Cc2ccccc2Cl)n1. The van der Waals surface area contributed by atoms with Crippen LogP contribution in [0.5, 0.6) is 0 Å². The van der Waals surface area contributed by atoms with Gasteiger partial charge in [-0.25, -0.2) is 4.98 Å². The van der Waals surface area contributed by atoms with E-state index in [1.165, 1.54) is 13.1 Å². The lowest BCUT2D eigenvalue weighted by Crippen LogP contribution is -2.21. The second-order valence-corrected chi connectivity index (χ2v) is 4.85. The average molecular weight is 304 g/mol. The standard InChI is InChI=1S/C15H14ClN3O2/c1-18-15(21)13-8-10(14(17)20)7-11(19-13)6-9-4-2-3-5-12(9)16/h2-5,7-8H,6H2,1H3,(H2,17,20)(H,18,21). The Morgan fingerprint density at radius 3 is 2.62 bits per heavy atom. The van der Waals surface area contributed by atoms with Gasteiger partial charge in [0, 0.05) is 29.7 Å². The maximum Gasteiger partial charge on any atom is 0.269 e. The molecule has 108 valence electrons. The molecule has 0 bridgehead atoms. The van der Waals surface area contributed by atoms with Crippen LogP contribution in [0.25, 0.3) is 0 Å². The number of hydrogen-bond acceptors (Lipinski definition) is 3. The van der Waals surface area contributed by atoms with E-state index in [-0.39, 0.29) is 17.2 Å². The molecule has 0 spiro atoms. The molecule has 1 aromatic heterocycles. The van der Waals surface area contributed by atoms with Crippen molar-refractivity contribution in [3.05, 3.63) is 63.9 Å². The highest BCUT2D eigenvalue weighted by atomic mass is 35.5. The van der Waals surface area contributed by atoms with E-state index in [1.54, 1.807) is 12.1 Å². The lowest BCUT2D eigenvalue weighted by Gasteiger charge is -2.08.